The number of aromatic nitrogens is 2. The lowest BCUT2D eigenvalue weighted by atomic mass is 10.0. The van der Waals surface area contributed by atoms with Gasteiger partial charge in [-0.25, -0.2) is 0 Å². The molecule has 1 aliphatic heterocycles. The molecule has 0 aliphatic carbocycles. The maximum atomic E-state index is 12.4. The number of rotatable bonds is 4. The van der Waals surface area contributed by atoms with Crippen molar-refractivity contribution in [1.29, 1.82) is 5.26 Å². The van der Waals surface area contributed by atoms with Crippen LogP contribution in [0.4, 0.5) is 0 Å². The van der Waals surface area contributed by atoms with Crippen molar-refractivity contribution in [3.05, 3.63) is 52.8 Å². The normalized spacial score (nSPS) is 19.9. The molecule has 24 heavy (non-hydrogen) atoms. The van der Waals surface area contributed by atoms with E-state index in [-0.39, 0.29) is 5.91 Å². The first-order valence-electron chi connectivity index (χ1n) is 7.93. The number of nitriles is 1. The summed E-state index contributed by atoms with van der Waals surface area (Å²) < 4.78 is 1.95. The Balaban J connectivity index is 1.69. The molecule has 3 rings (SSSR count). The van der Waals surface area contributed by atoms with Gasteiger partial charge in [0, 0.05) is 17.0 Å². The van der Waals surface area contributed by atoms with Crippen LogP contribution in [-0.2, 0) is 6.54 Å². The Morgan fingerprint density at radius 3 is 2.71 bits per heavy atom. The number of benzene rings is 1. The van der Waals surface area contributed by atoms with E-state index in [1.807, 2.05) is 48.9 Å². The van der Waals surface area contributed by atoms with E-state index in [4.69, 9.17) is 0 Å². The van der Waals surface area contributed by atoms with Crippen molar-refractivity contribution in [3.63, 3.8) is 0 Å². The summed E-state index contributed by atoms with van der Waals surface area (Å²) in [4.78, 5) is 12.4. The molecule has 0 radical (unpaired) electrons. The monoisotopic (exact) mass is 340 g/mol. The minimum Gasteiger partial charge on any atom is -0.333 e. The first-order valence-corrected chi connectivity index (χ1v) is 9.08. The van der Waals surface area contributed by atoms with Gasteiger partial charge in [-0.15, -0.1) is 0 Å². The molecule has 1 aromatic heterocycles. The molecular formula is C18H20N4OS. The molecule has 1 N–H and O–H groups in total. The smallest absolute Gasteiger partial charge is 0.252 e. The van der Waals surface area contributed by atoms with Gasteiger partial charge in [0.05, 0.1) is 18.3 Å². The number of hydrogen-bond acceptors (Lipinski definition) is 4. The SMILES string of the molecule is Cc1cc(C)n(Cc2ccc(C(=O)NC3(C#N)CCSC3)cc2)n1. The van der Waals surface area contributed by atoms with Crippen molar-refractivity contribution in [2.24, 2.45) is 0 Å². The molecule has 0 bridgehead atoms. The first kappa shape index (κ1) is 16.6. The van der Waals surface area contributed by atoms with E-state index in [0.29, 0.717) is 24.3 Å². The lowest BCUT2D eigenvalue weighted by molar-refractivity contribution is 0.0926. The van der Waals surface area contributed by atoms with Crippen molar-refractivity contribution in [1.82, 2.24) is 15.1 Å². The highest BCUT2D eigenvalue weighted by atomic mass is 32.2. The van der Waals surface area contributed by atoms with Crippen molar-refractivity contribution >= 4 is 17.7 Å². The van der Waals surface area contributed by atoms with Crippen LogP contribution in [0, 0.1) is 25.2 Å². The summed E-state index contributed by atoms with van der Waals surface area (Å²) in [5.41, 5.74) is 3.07. The average Bonchev–Trinajstić information content (AvgIpc) is 3.15. The number of thioether (sulfide) groups is 1. The van der Waals surface area contributed by atoms with Crippen LogP contribution in [-0.4, -0.2) is 32.7 Å². The molecule has 5 nitrogen and oxygen atoms in total. The van der Waals surface area contributed by atoms with Crippen LogP contribution in [0.5, 0.6) is 0 Å². The van der Waals surface area contributed by atoms with Gasteiger partial charge in [-0.2, -0.15) is 22.1 Å². The second-order valence-corrected chi connectivity index (χ2v) is 7.34. The number of hydrogen-bond donors (Lipinski definition) is 1. The van der Waals surface area contributed by atoms with Crippen LogP contribution in [0.15, 0.2) is 30.3 Å². The first-order chi connectivity index (χ1) is 11.5. The zero-order chi connectivity index (χ0) is 17.2. The fraction of sp³-hybridized carbons (Fsp3) is 0.389. The molecule has 6 heteroatoms. The van der Waals surface area contributed by atoms with Crippen LogP contribution in [0.1, 0.15) is 33.7 Å². The molecule has 1 unspecified atom stereocenters. The minimum atomic E-state index is -0.718. The zero-order valence-corrected chi connectivity index (χ0v) is 14.7. The van der Waals surface area contributed by atoms with E-state index in [9.17, 15) is 10.1 Å². The molecule has 1 aromatic carbocycles. The molecule has 2 heterocycles. The molecular weight excluding hydrogens is 320 g/mol. The van der Waals surface area contributed by atoms with Crippen molar-refractivity contribution in [2.45, 2.75) is 32.4 Å². The van der Waals surface area contributed by atoms with E-state index in [0.717, 1.165) is 22.7 Å². The fourth-order valence-electron chi connectivity index (χ4n) is 2.84. The third-order valence-electron chi connectivity index (χ3n) is 4.24. The lowest BCUT2D eigenvalue weighted by Gasteiger charge is -2.21. The zero-order valence-electron chi connectivity index (χ0n) is 13.9. The lowest BCUT2D eigenvalue weighted by Crippen LogP contribution is -2.47. The molecule has 124 valence electrons. The number of aryl methyl sites for hydroxylation is 2. The molecule has 0 spiro atoms. The van der Waals surface area contributed by atoms with Crippen LogP contribution in [0.2, 0.25) is 0 Å². The summed E-state index contributed by atoms with van der Waals surface area (Å²) in [5, 5.41) is 16.7. The highest BCUT2D eigenvalue weighted by Crippen LogP contribution is 2.27. The van der Waals surface area contributed by atoms with E-state index in [2.05, 4.69) is 16.5 Å². The summed E-state index contributed by atoms with van der Waals surface area (Å²) >= 11 is 1.70. The predicted molar refractivity (Wildman–Crippen MR) is 95.0 cm³/mol. The second kappa shape index (κ2) is 6.70. The topological polar surface area (TPSA) is 70.7 Å². The molecule has 1 saturated heterocycles. The van der Waals surface area contributed by atoms with Gasteiger partial charge in [0.15, 0.2) is 0 Å². The van der Waals surface area contributed by atoms with Gasteiger partial charge in [-0.3, -0.25) is 9.48 Å². The predicted octanol–water partition coefficient (Wildman–Crippen LogP) is 2.68. The van der Waals surface area contributed by atoms with Crippen LogP contribution in [0.3, 0.4) is 0 Å². The summed E-state index contributed by atoms with van der Waals surface area (Å²) in [7, 11) is 0. The Morgan fingerprint density at radius 2 is 2.17 bits per heavy atom. The summed E-state index contributed by atoms with van der Waals surface area (Å²) in [6, 6.07) is 11.8. The fourth-order valence-corrected chi connectivity index (χ4v) is 4.11. The van der Waals surface area contributed by atoms with Gasteiger partial charge >= 0.3 is 0 Å². The summed E-state index contributed by atoms with van der Waals surface area (Å²) in [6.45, 7) is 4.69. The Bertz CT molecular complexity index is 782. The number of nitrogens with one attached hydrogen (secondary N) is 1. The molecule has 2 aromatic rings. The highest BCUT2D eigenvalue weighted by molar-refractivity contribution is 7.99. The molecule has 0 saturated carbocycles. The Hall–Kier alpha value is -2.26. The quantitative estimate of drug-likeness (QED) is 0.929. The highest BCUT2D eigenvalue weighted by Gasteiger charge is 2.36. The number of carbonyl (C=O) groups excluding carboxylic acids is 1. The van der Waals surface area contributed by atoms with Gasteiger partial charge in [0.1, 0.15) is 5.54 Å². The maximum absolute atomic E-state index is 12.4. The van der Waals surface area contributed by atoms with Crippen molar-refractivity contribution < 1.29 is 4.79 Å². The number of nitrogens with zero attached hydrogens (tertiary/aromatic N) is 3. The average molecular weight is 340 g/mol. The van der Waals surface area contributed by atoms with Gasteiger partial charge in [0.25, 0.3) is 5.91 Å². The van der Waals surface area contributed by atoms with Gasteiger partial charge in [0.2, 0.25) is 0 Å². The minimum absolute atomic E-state index is 0.184. The van der Waals surface area contributed by atoms with E-state index >= 15 is 0 Å². The van der Waals surface area contributed by atoms with Crippen LogP contribution in [0.25, 0.3) is 0 Å². The van der Waals surface area contributed by atoms with Crippen LogP contribution >= 0.6 is 11.8 Å². The maximum Gasteiger partial charge on any atom is 0.252 e. The van der Waals surface area contributed by atoms with Gasteiger partial charge in [-0.05, 0) is 49.8 Å². The van der Waals surface area contributed by atoms with Crippen molar-refractivity contribution in [2.75, 3.05) is 11.5 Å². The van der Waals surface area contributed by atoms with E-state index < -0.39 is 5.54 Å². The Labute approximate surface area is 146 Å². The largest absolute Gasteiger partial charge is 0.333 e. The third-order valence-corrected chi connectivity index (χ3v) is 5.43. The van der Waals surface area contributed by atoms with E-state index in [1.165, 1.54) is 0 Å². The third kappa shape index (κ3) is 3.46. The number of carbonyl (C=O) groups is 1. The molecule has 1 atom stereocenters. The van der Waals surface area contributed by atoms with Gasteiger partial charge in [-0.1, -0.05) is 12.1 Å². The Kier molecular flexibility index (Phi) is 4.63. The summed E-state index contributed by atoms with van der Waals surface area (Å²) in [6.07, 6.45) is 0.704. The molecule has 1 amide bonds. The van der Waals surface area contributed by atoms with Crippen LogP contribution < -0.4 is 5.32 Å². The molecule has 1 fully saturated rings. The second-order valence-electron chi connectivity index (χ2n) is 6.23. The summed E-state index contributed by atoms with van der Waals surface area (Å²) in [5.74, 6) is 1.39. The number of amides is 1. The van der Waals surface area contributed by atoms with Gasteiger partial charge < -0.3 is 5.32 Å². The van der Waals surface area contributed by atoms with Crippen molar-refractivity contribution in [3.8, 4) is 6.07 Å². The molecule has 1 aliphatic rings. The Morgan fingerprint density at radius 1 is 1.42 bits per heavy atom. The standard InChI is InChI=1S/C18H20N4OS/c1-13-9-14(2)22(21-13)10-15-3-5-16(6-4-15)17(23)20-18(11-19)7-8-24-12-18/h3-6,9H,7-8,10,12H2,1-2H3,(H,20,23). The van der Waals surface area contributed by atoms with E-state index in [1.54, 1.807) is 11.8 Å².